The summed E-state index contributed by atoms with van der Waals surface area (Å²) < 4.78 is 35.6. The van der Waals surface area contributed by atoms with Gasteiger partial charge in [0.05, 0.1) is 6.42 Å². The van der Waals surface area contributed by atoms with E-state index in [0.29, 0.717) is 6.42 Å². The van der Waals surface area contributed by atoms with Gasteiger partial charge in [-0.3, -0.25) is 9.59 Å². The summed E-state index contributed by atoms with van der Waals surface area (Å²) in [6.07, 6.45) is 1.24. The first-order valence-electron chi connectivity index (χ1n) is 6.49. The highest BCUT2D eigenvalue weighted by molar-refractivity contribution is 6.01. The van der Waals surface area contributed by atoms with Crippen molar-refractivity contribution in [3.63, 3.8) is 0 Å². The molecule has 0 aliphatic rings. The van der Waals surface area contributed by atoms with Gasteiger partial charge >= 0.3 is 6.18 Å². The molecule has 0 aliphatic carbocycles. The predicted octanol–water partition coefficient (Wildman–Crippen LogP) is 4.22. The molecule has 0 aromatic heterocycles. The van der Waals surface area contributed by atoms with Gasteiger partial charge < -0.3 is 0 Å². The fraction of sp³-hybridized carbons (Fsp3) is 0.846. The largest absolute Gasteiger partial charge is 0.450 e. The van der Waals surface area contributed by atoms with Crippen LogP contribution in [0.3, 0.4) is 0 Å². The smallest absolute Gasteiger partial charge is 0.299 e. The fourth-order valence-electron chi connectivity index (χ4n) is 1.65. The number of hydrogen-bond donors (Lipinski definition) is 0. The molecular weight excluding hydrogens is 245 g/mol. The second kappa shape index (κ2) is 9.11. The molecule has 0 rings (SSSR count). The lowest BCUT2D eigenvalue weighted by atomic mass is 10.0. The van der Waals surface area contributed by atoms with E-state index in [1.165, 1.54) is 6.42 Å². The van der Waals surface area contributed by atoms with E-state index in [0.717, 1.165) is 32.1 Å². The summed E-state index contributed by atoms with van der Waals surface area (Å²) in [6.45, 7) is 2.12. The third-order valence-corrected chi connectivity index (χ3v) is 2.73. The Morgan fingerprint density at radius 2 is 1.39 bits per heavy atom. The van der Waals surface area contributed by atoms with Crippen LogP contribution < -0.4 is 0 Å². The Balaban J connectivity index is 3.52. The minimum atomic E-state index is -4.88. The van der Waals surface area contributed by atoms with E-state index >= 15 is 0 Å². The average molecular weight is 266 g/mol. The van der Waals surface area contributed by atoms with Crippen LogP contribution in [0.1, 0.15) is 64.7 Å². The van der Waals surface area contributed by atoms with Crippen molar-refractivity contribution in [3.05, 3.63) is 0 Å². The highest BCUT2D eigenvalue weighted by Gasteiger charge is 2.38. The second-order valence-electron chi connectivity index (χ2n) is 4.51. The van der Waals surface area contributed by atoms with Crippen molar-refractivity contribution in [2.75, 3.05) is 0 Å². The molecule has 2 nitrogen and oxygen atoms in total. The maximum Gasteiger partial charge on any atom is 0.450 e. The van der Waals surface area contributed by atoms with E-state index in [1.54, 1.807) is 0 Å². The molecule has 0 saturated carbocycles. The highest BCUT2D eigenvalue weighted by Crippen LogP contribution is 2.18. The molecule has 0 aromatic carbocycles. The molecule has 0 atom stereocenters. The molecule has 18 heavy (non-hydrogen) atoms. The Bertz CT molecular complexity index is 259. The maximum absolute atomic E-state index is 11.9. The molecule has 0 spiro atoms. The Morgan fingerprint density at radius 1 is 0.889 bits per heavy atom. The van der Waals surface area contributed by atoms with Crippen molar-refractivity contribution in [2.24, 2.45) is 0 Å². The van der Waals surface area contributed by atoms with Gasteiger partial charge in [0.25, 0.3) is 0 Å². The van der Waals surface area contributed by atoms with Crippen molar-refractivity contribution in [1.29, 1.82) is 0 Å². The number of unbranched alkanes of at least 4 members (excludes halogenated alkanes) is 6. The van der Waals surface area contributed by atoms with Crippen LogP contribution in [-0.2, 0) is 9.59 Å². The molecule has 0 saturated heterocycles. The van der Waals surface area contributed by atoms with Crippen LogP contribution in [0.15, 0.2) is 0 Å². The van der Waals surface area contributed by atoms with E-state index in [2.05, 4.69) is 6.92 Å². The molecule has 0 bridgehead atoms. The van der Waals surface area contributed by atoms with Gasteiger partial charge in [-0.05, 0) is 6.42 Å². The summed E-state index contributed by atoms with van der Waals surface area (Å²) in [7, 11) is 0. The maximum atomic E-state index is 11.9. The quantitative estimate of drug-likeness (QED) is 0.438. The lowest BCUT2D eigenvalue weighted by molar-refractivity contribution is -0.171. The van der Waals surface area contributed by atoms with Gasteiger partial charge in [0.1, 0.15) is 5.78 Å². The predicted molar refractivity (Wildman–Crippen MR) is 63.3 cm³/mol. The number of carbonyl (C=O) groups excluding carboxylic acids is 2. The summed E-state index contributed by atoms with van der Waals surface area (Å²) in [4.78, 5) is 21.7. The minimum absolute atomic E-state index is 0.0790. The fourth-order valence-corrected chi connectivity index (χ4v) is 1.65. The molecule has 0 aromatic rings. The molecular formula is C13H21F3O2. The summed E-state index contributed by atoms with van der Waals surface area (Å²) in [5, 5.41) is 0. The molecule has 0 amide bonds. The lowest BCUT2D eigenvalue weighted by Crippen LogP contribution is -2.25. The molecule has 106 valence electrons. The third kappa shape index (κ3) is 9.19. The normalized spacial score (nSPS) is 11.6. The van der Waals surface area contributed by atoms with Crippen LogP contribution >= 0.6 is 0 Å². The molecule has 0 radical (unpaired) electrons. The molecule has 0 N–H and O–H groups in total. The van der Waals surface area contributed by atoms with Gasteiger partial charge in [-0.1, -0.05) is 45.4 Å². The number of hydrogen-bond acceptors (Lipinski definition) is 2. The summed E-state index contributed by atoms with van der Waals surface area (Å²) >= 11 is 0. The van der Waals surface area contributed by atoms with Crippen LogP contribution in [0.5, 0.6) is 0 Å². The van der Waals surface area contributed by atoms with Gasteiger partial charge in [0.2, 0.25) is 5.78 Å². The Morgan fingerprint density at radius 3 is 1.89 bits per heavy atom. The van der Waals surface area contributed by atoms with Crippen LogP contribution in [0.4, 0.5) is 13.2 Å². The van der Waals surface area contributed by atoms with E-state index in [-0.39, 0.29) is 6.42 Å². The van der Waals surface area contributed by atoms with Gasteiger partial charge in [0, 0.05) is 6.42 Å². The van der Waals surface area contributed by atoms with Crippen molar-refractivity contribution in [3.8, 4) is 0 Å². The average Bonchev–Trinajstić information content (AvgIpc) is 2.26. The zero-order valence-corrected chi connectivity index (χ0v) is 10.8. The Kier molecular flexibility index (Phi) is 8.67. The summed E-state index contributed by atoms with van der Waals surface area (Å²) in [5.74, 6) is -2.54. The Hall–Kier alpha value is -0.870. The molecule has 0 unspecified atom stereocenters. The first kappa shape index (κ1) is 17.1. The summed E-state index contributed by atoms with van der Waals surface area (Å²) in [6, 6.07) is 0. The minimum Gasteiger partial charge on any atom is -0.299 e. The van der Waals surface area contributed by atoms with Crippen LogP contribution in [-0.4, -0.2) is 17.7 Å². The second-order valence-corrected chi connectivity index (χ2v) is 4.51. The number of rotatable bonds is 10. The van der Waals surface area contributed by atoms with E-state index in [1.807, 2.05) is 0 Å². The topological polar surface area (TPSA) is 34.1 Å². The number of ketones is 2. The van der Waals surface area contributed by atoms with Crippen molar-refractivity contribution in [2.45, 2.75) is 70.9 Å². The van der Waals surface area contributed by atoms with Crippen molar-refractivity contribution < 1.29 is 22.8 Å². The molecule has 0 heterocycles. The van der Waals surface area contributed by atoms with E-state index < -0.39 is 24.2 Å². The third-order valence-electron chi connectivity index (χ3n) is 2.73. The van der Waals surface area contributed by atoms with Crippen LogP contribution in [0, 0.1) is 0 Å². The van der Waals surface area contributed by atoms with Gasteiger partial charge in [-0.2, -0.15) is 13.2 Å². The van der Waals surface area contributed by atoms with Gasteiger partial charge in [0.15, 0.2) is 0 Å². The highest BCUT2D eigenvalue weighted by atomic mass is 19.4. The standard InChI is InChI=1S/C13H21F3O2/c1-2-3-4-5-6-7-8-9-11(17)10-12(18)13(14,15)16/h2-10H2,1H3. The first-order chi connectivity index (χ1) is 8.38. The van der Waals surface area contributed by atoms with Gasteiger partial charge in [-0.25, -0.2) is 0 Å². The van der Waals surface area contributed by atoms with Crippen LogP contribution in [0.25, 0.3) is 0 Å². The first-order valence-corrected chi connectivity index (χ1v) is 6.49. The van der Waals surface area contributed by atoms with E-state index in [9.17, 15) is 22.8 Å². The van der Waals surface area contributed by atoms with E-state index in [4.69, 9.17) is 0 Å². The monoisotopic (exact) mass is 266 g/mol. The number of carbonyl (C=O) groups is 2. The number of halogens is 3. The number of alkyl halides is 3. The molecule has 0 fully saturated rings. The lowest BCUT2D eigenvalue weighted by Gasteiger charge is -2.04. The molecule has 0 aliphatic heterocycles. The van der Waals surface area contributed by atoms with Crippen LogP contribution in [0.2, 0.25) is 0 Å². The SMILES string of the molecule is CCCCCCCCCC(=O)CC(=O)C(F)(F)F. The zero-order chi connectivity index (χ0) is 14.0. The van der Waals surface area contributed by atoms with Gasteiger partial charge in [-0.15, -0.1) is 0 Å². The molecule has 5 heteroatoms. The summed E-state index contributed by atoms with van der Waals surface area (Å²) in [5.41, 5.74) is 0. The number of Topliss-reactive ketones (excluding diaryl/α,β-unsaturated/α-hetero) is 2. The Labute approximate surface area is 106 Å². The zero-order valence-electron chi connectivity index (χ0n) is 10.8. The van der Waals surface area contributed by atoms with Crippen molar-refractivity contribution >= 4 is 11.6 Å². The van der Waals surface area contributed by atoms with Crippen molar-refractivity contribution in [1.82, 2.24) is 0 Å².